The van der Waals surface area contributed by atoms with Gasteiger partial charge in [-0.3, -0.25) is 0 Å². The highest BCUT2D eigenvalue weighted by atomic mass is 28.4. The minimum Gasteiger partial charge on any atom is -0.414 e. The summed E-state index contributed by atoms with van der Waals surface area (Å²) in [7, 11) is -1.88. The first kappa shape index (κ1) is 22.1. The maximum absolute atomic E-state index is 11.2. The van der Waals surface area contributed by atoms with Crippen molar-refractivity contribution in [2.75, 3.05) is 0 Å². The molecule has 2 aliphatic heterocycles. The summed E-state index contributed by atoms with van der Waals surface area (Å²) >= 11 is 0. The highest BCUT2D eigenvalue weighted by molar-refractivity contribution is 6.74. The predicted octanol–water partition coefficient (Wildman–Crippen LogP) is 5.31. The molecule has 2 heterocycles. The highest BCUT2D eigenvalue weighted by Crippen LogP contribution is 2.46. The predicted molar refractivity (Wildman–Crippen MR) is 108 cm³/mol. The molecule has 2 saturated heterocycles. The molecule has 0 aromatic rings. The van der Waals surface area contributed by atoms with Gasteiger partial charge in [0.25, 0.3) is 0 Å². The SMILES string of the molecule is CC(C)[C@H]1O[C@]2(CC[C@@H]1C)C[C@@H](O[Si](C)(C)C(C)(C)C)C[C@@H](CC=O)O2. The quantitative estimate of drug-likeness (QED) is 0.476. The summed E-state index contributed by atoms with van der Waals surface area (Å²) in [6.07, 6.45) is 5.17. The van der Waals surface area contributed by atoms with Gasteiger partial charge in [0.05, 0.1) is 18.3 Å². The first-order valence-electron chi connectivity index (χ1n) is 10.4. The Kier molecular flexibility index (Phi) is 6.80. The van der Waals surface area contributed by atoms with Crippen LogP contribution in [0.1, 0.15) is 73.6 Å². The van der Waals surface area contributed by atoms with Crippen LogP contribution < -0.4 is 0 Å². The Balaban J connectivity index is 2.20. The summed E-state index contributed by atoms with van der Waals surface area (Å²) in [5, 5.41) is 0.168. The summed E-state index contributed by atoms with van der Waals surface area (Å²) < 4.78 is 19.7. The minimum absolute atomic E-state index is 0.0998. The van der Waals surface area contributed by atoms with Crippen molar-refractivity contribution >= 4 is 14.6 Å². The topological polar surface area (TPSA) is 44.8 Å². The average molecular weight is 385 g/mol. The fourth-order valence-electron chi connectivity index (χ4n) is 4.12. The lowest BCUT2D eigenvalue weighted by Crippen LogP contribution is -2.56. The summed E-state index contributed by atoms with van der Waals surface area (Å²) in [6.45, 7) is 18.1. The van der Waals surface area contributed by atoms with Gasteiger partial charge in [-0.25, -0.2) is 0 Å². The van der Waals surface area contributed by atoms with E-state index in [-0.39, 0.29) is 23.4 Å². The maximum atomic E-state index is 11.2. The molecule has 2 aliphatic rings. The van der Waals surface area contributed by atoms with Gasteiger partial charge in [-0.15, -0.1) is 0 Å². The number of carbonyl (C=O) groups excluding carboxylic acids is 1. The molecule has 152 valence electrons. The molecule has 0 aromatic carbocycles. The minimum atomic E-state index is -1.88. The zero-order chi connectivity index (χ0) is 19.8. The Morgan fingerprint density at radius 2 is 1.92 bits per heavy atom. The van der Waals surface area contributed by atoms with Crippen LogP contribution in [-0.2, 0) is 18.7 Å². The van der Waals surface area contributed by atoms with Crippen molar-refractivity contribution in [1.82, 2.24) is 0 Å². The average Bonchev–Trinajstić information content (AvgIpc) is 2.48. The van der Waals surface area contributed by atoms with Gasteiger partial charge in [-0.1, -0.05) is 41.5 Å². The third kappa shape index (κ3) is 4.97. The van der Waals surface area contributed by atoms with Gasteiger partial charge in [0.2, 0.25) is 0 Å². The van der Waals surface area contributed by atoms with Crippen molar-refractivity contribution in [2.24, 2.45) is 11.8 Å². The van der Waals surface area contributed by atoms with Crippen LogP contribution in [0.3, 0.4) is 0 Å². The molecule has 1 spiro atoms. The van der Waals surface area contributed by atoms with Gasteiger partial charge in [0, 0.05) is 19.3 Å². The second-order valence-electron chi connectivity index (χ2n) is 10.3. The summed E-state index contributed by atoms with van der Waals surface area (Å²) in [6, 6.07) is 0. The van der Waals surface area contributed by atoms with E-state index >= 15 is 0 Å². The van der Waals surface area contributed by atoms with Gasteiger partial charge in [-0.05, 0) is 42.8 Å². The van der Waals surface area contributed by atoms with Crippen LogP contribution in [0.5, 0.6) is 0 Å². The van der Waals surface area contributed by atoms with E-state index in [1.54, 1.807) is 0 Å². The third-order valence-electron chi connectivity index (χ3n) is 6.62. The lowest BCUT2D eigenvalue weighted by atomic mass is 9.83. The molecule has 0 unspecified atom stereocenters. The molecule has 5 atom stereocenters. The second kappa shape index (κ2) is 8.02. The highest BCUT2D eigenvalue weighted by Gasteiger charge is 2.50. The summed E-state index contributed by atoms with van der Waals surface area (Å²) in [4.78, 5) is 11.2. The van der Waals surface area contributed by atoms with Crippen LogP contribution >= 0.6 is 0 Å². The zero-order valence-corrected chi connectivity index (χ0v) is 19.1. The maximum Gasteiger partial charge on any atom is 0.192 e. The van der Waals surface area contributed by atoms with E-state index < -0.39 is 14.1 Å². The number of rotatable bonds is 5. The molecule has 4 nitrogen and oxygen atoms in total. The van der Waals surface area contributed by atoms with Crippen LogP contribution in [0.25, 0.3) is 0 Å². The fourth-order valence-corrected chi connectivity index (χ4v) is 5.49. The smallest absolute Gasteiger partial charge is 0.192 e. The molecule has 0 amide bonds. The van der Waals surface area contributed by atoms with Crippen LogP contribution in [0.15, 0.2) is 0 Å². The largest absolute Gasteiger partial charge is 0.414 e. The molecule has 2 fully saturated rings. The fraction of sp³-hybridized carbons (Fsp3) is 0.952. The standard InChI is InChI=1S/C21H40O4Si/c1-15(2)19-16(3)9-11-21(24-19)14-18(13-17(23-21)10-12-22)25-26(7,8)20(4,5)6/h12,15-19H,9-11,13-14H2,1-8H3/t16-,17+,18-,19+,21+/m0/s1. The van der Waals surface area contributed by atoms with Crippen LogP contribution in [0.2, 0.25) is 18.1 Å². The number of hydrogen-bond acceptors (Lipinski definition) is 4. The Bertz CT molecular complexity index is 485. The van der Waals surface area contributed by atoms with Crippen molar-refractivity contribution in [2.45, 2.75) is 116 Å². The molecule has 0 aromatic heterocycles. The summed E-state index contributed by atoms with van der Waals surface area (Å²) in [5.41, 5.74) is 0. The lowest BCUT2D eigenvalue weighted by molar-refractivity contribution is -0.338. The van der Waals surface area contributed by atoms with Crippen molar-refractivity contribution in [3.8, 4) is 0 Å². The van der Waals surface area contributed by atoms with Crippen molar-refractivity contribution < 1.29 is 18.7 Å². The first-order chi connectivity index (χ1) is 11.9. The number of aldehydes is 1. The molecule has 26 heavy (non-hydrogen) atoms. The molecule has 0 saturated carbocycles. The van der Waals surface area contributed by atoms with Crippen LogP contribution in [0, 0.1) is 11.8 Å². The number of hydrogen-bond donors (Lipinski definition) is 0. The number of ether oxygens (including phenoxy) is 2. The molecule has 0 aliphatic carbocycles. The zero-order valence-electron chi connectivity index (χ0n) is 18.1. The molecule has 2 rings (SSSR count). The molecule has 5 heteroatoms. The first-order valence-corrected chi connectivity index (χ1v) is 13.3. The Labute approximate surface area is 161 Å². The van der Waals surface area contributed by atoms with Crippen LogP contribution in [-0.4, -0.2) is 38.7 Å². The van der Waals surface area contributed by atoms with E-state index in [0.717, 1.165) is 32.0 Å². The van der Waals surface area contributed by atoms with E-state index in [1.165, 1.54) is 0 Å². The molecule has 0 radical (unpaired) electrons. The van der Waals surface area contributed by atoms with Crippen molar-refractivity contribution in [1.29, 1.82) is 0 Å². The molecule has 0 bridgehead atoms. The van der Waals surface area contributed by atoms with Gasteiger partial charge < -0.3 is 18.7 Å². The van der Waals surface area contributed by atoms with E-state index in [4.69, 9.17) is 13.9 Å². The molecular weight excluding hydrogens is 344 g/mol. The second-order valence-corrected chi connectivity index (χ2v) is 15.1. The Hall–Kier alpha value is -0.233. The Morgan fingerprint density at radius 1 is 1.27 bits per heavy atom. The van der Waals surface area contributed by atoms with E-state index in [9.17, 15) is 4.79 Å². The van der Waals surface area contributed by atoms with E-state index in [2.05, 4.69) is 54.6 Å². The van der Waals surface area contributed by atoms with E-state index in [1.807, 2.05) is 0 Å². The van der Waals surface area contributed by atoms with Gasteiger partial charge >= 0.3 is 0 Å². The van der Waals surface area contributed by atoms with Gasteiger partial charge in [-0.2, -0.15) is 0 Å². The molecule has 0 N–H and O–H groups in total. The normalized spacial score (nSPS) is 36.5. The monoisotopic (exact) mass is 384 g/mol. The summed E-state index contributed by atoms with van der Waals surface area (Å²) in [5.74, 6) is 0.410. The Morgan fingerprint density at radius 3 is 2.46 bits per heavy atom. The van der Waals surface area contributed by atoms with Gasteiger partial charge in [0.15, 0.2) is 14.1 Å². The van der Waals surface area contributed by atoms with Crippen molar-refractivity contribution in [3.05, 3.63) is 0 Å². The van der Waals surface area contributed by atoms with E-state index in [0.29, 0.717) is 18.3 Å². The molecular formula is C21H40O4Si. The number of carbonyl (C=O) groups is 1. The lowest BCUT2D eigenvalue weighted by Gasteiger charge is -2.52. The van der Waals surface area contributed by atoms with Gasteiger partial charge in [0.1, 0.15) is 6.29 Å². The van der Waals surface area contributed by atoms with Crippen LogP contribution in [0.4, 0.5) is 0 Å². The third-order valence-corrected chi connectivity index (χ3v) is 11.2. The van der Waals surface area contributed by atoms with Crippen molar-refractivity contribution in [3.63, 3.8) is 0 Å².